The van der Waals surface area contributed by atoms with Gasteiger partial charge in [0.25, 0.3) is 5.56 Å². The zero-order chi connectivity index (χ0) is 22.0. The molecule has 0 atom stereocenters. The molecule has 6 nitrogen and oxygen atoms in total. The maximum atomic E-state index is 13.8. The molecule has 30 heavy (non-hydrogen) atoms. The fourth-order valence-corrected chi connectivity index (χ4v) is 3.04. The number of benzene rings is 1. The maximum absolute atomic E-state index is 13.8. The number of methoxy groups -OCH3 is 1. The van der Waals surface area contributed by atoms with Crippen LogP contribution in [0.2, 0.25) is 5.02 Å². The standard InChI is InChI=1S/C21H17ClF2N2O4/c1-11-9-25-16(21(28)29-3)8-17(11)26-12(2)6-18(19(22)20(26)27)30-10-13-4-5-14(23)7-15(13)24/h4-9H,10H2,1-3H3. The molecule has 9 heteroatoms. The number of rotatable bonds is 5. The van der Waals surface area contributed by atoms with Crippen molar-refractivity contribution >= 4 is 17.6 Å². The topological polar surface area (TPSA) is 70.4 Å². The van der Waals surface area contributed by atoms with Crippen molar-refractivity contribution < 1.29 is 23.0 Å². The van der Waals surface area contributed by atoms with Crippen LogP contribution in [0.3, 0.4) is 0 Å². The van der Waals surface area contributed by atoms with Gasteiger partial charge in [0.05, 0.1) is 12.8 Å². The number of aromatic nitrogens is 2. The van der Waals surface area contributed by atoms with Crippen LogP contribution in [0.4, 0.5) is 8.78 Å². The van der Waals surface area contributed by atoms with Crippen LogP contribution >= 0.6 is 11.6 Å². The van der Waals surface area contributed by atoms with Crippen LogP contribution in [0.1, 0.15) is 27.3 Å². The van der Waals surface area contributed by atoms with Crippen molar-refractivity contribution in [2.75, 3.05) is 7.11 Å². The molecule has 0 aliphatic rings. The fraction of sp³-hybridized carbons (Fsp3) is 0.190. The third kappa shape index (κ3) is 4.18. The first kappa shape index (κ1) is 21.4. The molecule has 0 unspecified atom stereocenters. The third-order valence-electron chi connectivity index (χ3n) is 4.41. The first-order chi connectivity index (χ1) is 14.2. The SMILES string of the molecule is COC(=O)c1cc(-n2c(C)cc(OCc3ccc(F)cc3F)c(Cl)c2=O)c(C)cn1. The molecular weight excluding hydrogens is 418 g/mol. The van der Waals surface area contributed by atoms with Gasteiger partial charge in [-0.3, -0.25) is 9.36 Å². The highest BCUT2D eigenvalue weighted by molar-refractivity contribution is 6.31. The second-order valence-electron chi connectivity index (χ2n) is 6.48. The summed E-state index contributed by atoms with van der Waals surface area (Å²) in [5.74, 6) is -2.06. The highest BCUT2D eigenvalue weighted by Gasteiger charge is 2.18. The van der Waals surface area contributed by atoms with Gasteiger partial charge in [0.15, 0.2) is 0 Å². The van der Waals surface area contributed by atoms with Crippen LogP contribution in [-0.2, 0) is 11.3 Å². The van der Waals surface area contributed by atoms with Crippen molar-refractivity contribution in [2.45, 2.75) is 20.5 Å². The first-order valence-corrected chi connectivity index (χ1v) is 9.15. The van der Waals surface area contributed by atoms with E-state index < -0.39 is 23.2 Å². The average molecular weight is 435 g/mol. The summed E-state index contributed by atoms with van der Waals surface area (Å²) in [4.78, 5) is 28.7. The number of carbonyl (C=O) groups is 1. The molecule has 0 aliphatic carbocycles. The van der Waals surface area contributed by atoms with E-state index >= 15 is 0 Å². The quantitative estimate of drug-likeness (QED) is 0.564. The van der Waals surface area contributed by atoms with E-state index in [9.17, 15) is 18.4 Å². The van der Waals surface area contributed by atoms with Crippen LogP contribution in [0.5, 0.6) is 5.75 Å². The third-order valence-corrected chi connectivity index (χ3v) is 4.76. The van der Waals surface area contributed by atoms with Crippen LogP contribution < -0.4 is 10.3 Å². The van der Waals surface area contributed by atoms with Crippen molar-refractivity contribution in [3.63, 3.8) is 0 Å². The van der Waals surface area contributed by atoms with E-state index in [-0.39, 0.29) is 28.6 Å². The largest absolute Gasteiger partial charge is 0.487 e. The lowest BCUT2D eigenvalue weighted by Crippen LogP contribution is -2.23. The summed E-state index contributed by atoms with van der Waals surface area (Å²) in [5, 5.41) is -0.223. The number of ether oxygens (including phenoxy) is 2. The predicted octanol–water partition coefficient (Wildman–Crippen LogP) is 4.15. The van der Waals surface area contributed by atoms with E-state index in [2.05, 4.69) is 9.72 Å². The van der Waals surface area contributed by atoms with Gasteiger partial charge >= 0.3 is 5.97 Å². The Morgan fingerprint density at radius 2 is 1.93 bits per heavy atom. The number of nitrogens with zero attached hydrogens (tertiary/aromatic N) is 2. The Morgan fingerprint density at radius 3 is 2.60 bits per heavy atom. The van der Waals surface area contributed by atoms with Gasteiger partial charge in [0, 0.05) is 29.6 Å². The smallest absolute Gasteiger partial charge is 0.356 e. The Kier molecular flexibility index (Phi) is 6.17. The van der Waals surface area contributed by atoms with Crippen molar-refractivity contribution in [3.8, 4) is 11.4 Å². The molecule has 0 aliphatic heterocycles. The van der Waals surface area contributed by atoms with E-state index in [0.29, 0.717) is 16.9 Å². The number of hydrogen-bond donors (Lipinski definition) is 0. The molecule has 2 aromatic heterocycles. The van der Waals surface area contributed by atoms with E-state index in [4.69, 9.17) is 16.3 Å². The molecule has 1 aromatic carbocycles. The van der Waals surface area contributed by atoms with Crippen molar-refractivity contribution in [3.05, 3.63) is 86.1 Å². The number of pyridine rings is 2. The molecule has 0 bridgehead atoms. The van der Waals surface area contributed by atoms with Gasteiger partial charge in [0.2, 0.25) is 0 Å². The normalized spacial score (nSPS) is 10.7. The zero-order valence-electron chi connectivity index (χ0n) is 16.3. The van der Waals surface area contributed by atoms with E-state index in [1.54, 1.807) is 13.8 Å². The van der Waals surface area contributed by atoms with Gasteiger partial charge in [-0.2, -0.15) is 0 Å². The molecule has 0 saturated carbocycles. The van der Waals surface area contributed by atoms with E-state index in [1.807, 2.05) is 0 Å². The Bertz CT molecular complexity index is 1190. The monoisotopic (exact) mass is 434 g/mol. The minimum Gasteiger partial charge on any atom is -0.487 e. The van der Waals surface area contributed by atoms with Gasteiger partial charge in [-0.15, -0.1) is 0 Å². The summed E-state index contributed by atoms with van der Waals surface area (Å²) in [6.45, 7) is 3.14. The van der Waals surface area contributed by atoms with E-state index in [0.717, 1.165) is 12.1 Å². The maximum Gasteiger partial charge on any atom is 0.356 e. The van der Waals surface area contributed by atoms with Gasteiger partial charge in [0.1, 0.15) is 34.7 Å². The summed E-state index contributed by atoms with van der Waals surface area (Å²) >= 11 is 6.21. The second kappa shape index (κ2) is 8.62. The summed E-state index contributed by atoms with van der Waals surface area (Å²) in [6.07, 6.45) is 1.45. The van der Waals surface area contributed by atoms with Crippen LogP contribution in [0.25, 0.3) is 5.69 Å². The number of carbonyl (C=O) groups excluding carboxylic acids is 1. The number of aryl methyl sites for hydroxylation is 2. The first-order valence-electron chi connectivity index (χ1n) is 8.77. The van der Waals surface area contributed by atoms with Gasteiger partial charge < -0.3 is 9.47 Å². The molecule has 156 valence electrons. The number of halogens is 3. The predicted molar refractivity (Wildman–Crippen MR) is 106 cm³/mol. The van der Waals surface area contributed by atoms with Crippen LogP contribution in [0.15, 0.2) is 41.3 Å². The lowest BCUT2D eigenvalue weighted by atomic mass is 10.2. The summed E-state index contributed by atoms with van der Waals surface area (Å²) in [5.41, 5.74) is 1.06. The average Bonchev–Trinajstić information content (AvgIpc) is 2.71. The van der Waals surface area contributed by atoms with Crippen molar-refractivity contribution in [1.29, 1.82) is 0 Å². The lowest BCUT2D eigenvalue weighted by Gasteiger charge is -2.16. The molecule has 0 radical (unpaired) electrons. The molecule has 3 aromatic rings. The number of esters is 1. The molecule has 0 spiro atoms. The Hall–Kier alpha value is -3.26. The van der Waals surface area contributed by atoms with Gasteiger partial charge in [-0.25, -0.2) is 18.6 Å². The van der Waals surface area contributed by atoms with Crippen molar-refractivity contribution in [1.82, 2.24) is 9.55 Å². The minimum absolute atomic E-state index is 0.0348. The van der Waals surface area contributed by atoms with Gasteiger partial charge in [-0.05, 0) is 37.6 Å². The highest BCUT2D eigenvalue weighted by Crippen LogP contribution is 2.26. The van der Waals surface area contributed by atoms with Gasteiger partial charge in [-0.1, -0.05) is 11.6 Å². The second-order valence-corrected chi connectivity index (χ2v) is 6.85. The van der Waals surface area contributed by atoms with Crippen LogP contribution in [0, 0.1) is 25.5 Å². The molecule has 3 rings (SSSR count). The zero-order valence-corrected chi connectivity index (χ0v) is 17.1. The molecule has 0 amide bonds. The van der Waals surface area contributed by atoms with Crippen LogP contribution in [-0.4, -0.2) is 22.6 Å². The fourth-order valence-electron chi connectivity index (χ4n) is 2.85. The summed E-state index contributed by atoms with van der Waals surface area (Å²) in [7, 11) is 1.23. The molecule has 0 saturated heterocycles. The Labute approximate surface area is 175 Å². The molecule has 0 N–H and O–H groups in total. The molecule has 0 fully saturated rings. The van der Waals surface area contributed by atoms with E-state index in [1.165, 1.54) is 36.1 Å². The lowest BCUT2D eigenvalue weighted by molar-refractivity contribution is 0.0594. The van der Waals surface area contributed by atoms with Crippen molar-refractivity contribution in [2.24, 2.45) is 0 Å². The minimum atomic E-state index is -0.765. The number of hydrogen-bond acceptors (Lipinski definition) is 5. The Morgan fingerprint density at radius 1 is 1.20 bits per heavy atom. The highest BCUT2D eigenvalue weighted by atomic mass is 35.5. The summed E-state index contributed by atoms with van der Waals surface area (Å²) < 4.78 is 38.4. The molecular formula is C21H17ClF2N2O4. The summed E-state index contributed by atoms with van der Waals surface area (Å²) in [6, 6.07) is 6.05. The Balaban J connectivity index is 2.00. The molecule has 2 heterocycles.